The van der Waals surface area contributed by atoms with Crippen LogP contribution in [0.2, 0.25) is 0 Å². The maximum atomic E-state index is 12.2. The lowest BCUT2D eigenvalue weighted by molar-refractivity contribution is 0.243. The van der Waals surface area contributed by atoms with E-state index in [1.807, 2.05) is 13.1 Å². The van der Waals surface area contributed by atoms with Crippen molar-refractivity contribution in [2.75, 3.05) is 25.5 Å². The molecule has 132 valence electrons. The Labute approximate surface area is 145 Å². The summed E-state index contributed by atoms with van der Waals surface area (Å²) in [6.07, 6.45) is 2.35. The molecule has 0 bridgehead atoms. The second-order valence-electron chi connectivity index (χ2n) is 6.90. The van der Waals surface area contributed by atoms with Crippen molar-refractivity contribution < 1.29 is 9.21 Å². The molecule has 0 aliphatic carbocycles. The van der Waals surface area contributed by atoms with Crippen LogP contribution in [0.25, 0.3) is 11.0 Å². The second-order valence-corrected chi connectivity index (χ2v) is 6.90. The van der Waals surface area contributed by atoms with Crippen molar-refractivity contribution in [2.45, 2.75) is 25.7 Å². The van der Waals surface area contributed by atoms with Crippen LogP contribution in [0.15, 0.2) is 32.5 Å². The molecule has 7 heteroatoms. The Morgan fingerprint density at radius 3 is 2.84 bits per heavy atom. The number of urea groups is 1. The van der Waals surface area contributed by atoms with Gasteiger partial charge in [-0.25, -0.2) is 15.0 Å². The van der Waals surface area contributed by atoms with Crippen LogP contribution in [0, 0.1) is 0 Å². The quantitative estimate of drug-likeness (QED) is 0.497. The predicted molar refractivity (Wildman–Crippen MR) is 98.6 cm³/mol. The number of rotatable bonds is 2. The molecule has 1 aromatic heterocycles. The molecule has 0 unspecified atom stereocenters. The van der Waals surface area contributed by atoms with E-state index >= 15 is 0 Å². The van der Waals surface area contributed by atoms with E-state index in [4.69, 9.17) is 4.42 Å². The predicted octanol–water partition coefficient (Wildman–Crippen LogP) is 2.17. The fourth-order valence-electron chi connectivity index (χ4n) is 3.04. The van der Waals surface area contributed by atoms with Gasteiger partial charge < -0.3 is 14.6 Å². The van der Waals surface area contributed by atoms with Crippen molar-refractivity contribution in [3.63, 3.8) is 0 Å². The third-order valence-corrected chi connectivity index (χ3v) is 4.69. The molecule has 2 heterocycles. The Bertz CT molecular complexity index is 914. The number of carbonyl (C=O) groups is 1. The Kier molecular flexibility index (Phi) is 4.24. The summed E-state index contributed by atoms with van der Waals surface area (Å²) in [6.45, 7) is 5.41. The highest BCUT2D eigenvalue weighted by atomic mass is 16.4. The number of nitrogens with zero attached hydrogens (tertiary/aromatic N) is 2. The normalized spacial score (nSPS) is 16.1. The van der Waals surface area contributed by atoms with E-state index in [1.165, 1.54) is 18.8 Å². The van der Waals surface area contributed by atoms with E-state index in [0.29, 0.717) is 5.58 Å². The average molecular weight is 342 g/mol. The first-order chi connectivity index (χ1) is 11.8. The number of fused-ring (bicyclic) bond motifs is 2. The molecule has 0 atom stereocenters. The molecule has 7 nitrogen and oxygen atoms in total. The zero-order valence-electron chi connectivity index (χ0n) is 14.8. The van der Waals surface area contributed by atoms with Gasteiger partial charge in [-0.15, -0.1) is 0 Å². The number of benzene rings is 1. The van der Waals surface area contributed by atoms with Gasteiger partial charge in [-0.2, -0.15) is 5.10 Å². The second kappa shape index (κ2) is 6.23. The smallest absolute Gasteiger partial charge is 0.345 e. The van der Waals surface area contributed by atoms with Crippen molar-refractivity contribution in [2.24, 2.45) is 5.10 Å². The lowest BCUT2D eigenvalue weighted by Crippen LogP contribution is -2.34. The number of nitrogens with one attached hydrogen (secondary N) is 2. The SMILES string of the molecule is CNC(=O)N/N=C/c1cc2cc3c(cc2oc1=O)N(C)CCC3(C)C. The molecule has 2 aromatic rings. The summed E-state index contributed by atoms with van der Waals surface area (Å²) < 4.78 is 5.46. The molecule has 0 fully saturated rings. The zero-order valence-corrected chi connectivity index (χ0v) is 14.8. The molecular weight excluding hydrogens is 320 g/mol. The van der Waals surface area contributed by atoms with E-state index in [-0.39, 0.29) is 11.0 Å². The van der Waals surface area contributed by atoms with Gasteiger partial charge in [0.05, 0.1) is 11.8 Å². The molecule has 1 aliphatic rings. The zero-order chi connectivity index (χ0) is 18.2. The Morgan fingerprint density at radius 1 is 1.36 bits per heavy atom. The highest BCUT2D eigenvalue weighted by molar-refractivity contribution is 5.89. The molecule has 0 radical (unpaired) electrons. The van der Waals surface area contributed by atoms with Crippen molar-refractivity contribution in [1.29, 1.82) is 0 Å². The van der Waals surface area contributed by atoms with E-state index in [9.17, 15) is 9.59 Å². The van der Waals surface area contributed by atoms with Crippen LogP contribution in [0.4, 0.5) is 10.5 Å². The minimum absolute atomic E-state index is 0.0567. The molecule has 0 spiro atoms. The van der Waals surface area contributed by atoms with Crippen molar-refractivity contribution in [3.8, 4) is 0 Å². The molecule has 2 amide bonds. The molecule has 3 rings (SSSR count). The van der Waals surface area contributed by atoms with Gasteiger partial charge in [-0.1, -0.05) is 13.8 Å². The van der Waals surface area contributed by atoms with E-state index in [1.54, 1.807) is 6.07 Å². The maximum absolute atomic E-state index is 12.2. The fourth-order valence-corrected chi connectivity index (χ4v) is 3.04. The van der Waals surface area contributed by atoms with Crippen molar-refractivity contribution >= 4 is 28.9 Å². The lowest BCUT2D eigenvalue weighted by atomic mass is 9.77. The largest absolute Gasteiger partial charge is 0.422 e. The maximum Gasteiger partial charge on any atom is 0.345 e. The number of amides is 2. The molecule has 25 heavy (non-hydrogen) atoms. The van der Waals surface area contributed by atoms with Crippen molar-refractivity contribution in [1.82, 2.24) is 10.7 Å². The van der Waals surface area contributed by atoms with E-state index in [2.05, 4.69) is 40.7 Å². The summed E-state index contributed by atoms with van der Waals surface area (Å²) in [5.74, 6) is 0. The summed E-state index contributed by atoms with van der Waals surface area (Å²) in [7, 11) is 3.53. The molecule has 0 saturated carbocycles. The minimum atomic E-state index is -0.493. The number of hydrazone groups is 1. The standard InChI is InChI=1S/C18H22N4O3/c1-18(2)5-6-22(4)14-9-15-11(8-13(14)18)7-12(16(23)25-15)10-20-21-17(24)19-3/h7-10H,5-6H2,1-4H3,(H2,19,21,24)/b20-10+. The first-order valence-electron chi connectivity index (χ1n) is 8.16. The summed E-state index contributed by atoms with van der Waals surface area (Å²) in [5.41, 5.74) is 4.97. The molecule has 1 aliphatic heterocycles. The van der Waals surface area contributed by atoms with Gasteiger partial charge in [0.25, 0.3) is 0 Å². The van der Waals surface area contributed by atoms with E-state index < -0.39 is 11.7 Å². The average Bonchev–Trinajstić information content (AvgIpc) is 2.58. The third kappa shape index (κ3) is 3.22. The van der Waals surface area contributed by atoms with Gasteiger partial charge in [0.2, 0.25) is 0 Å². The number of carbonyl (C=O) groups excluding carboxylic acids is 1. The summed E-state index contributed by atoms with van der Waals surface area (Å²) >= 11 is 0. The van der Waals surface area contributed by atoms with Gasteiger partial charge >= 0.3 is 11.7 Å². The molecular formula is C18H22N4O3. The van der Waals surface area contributed by atoms with Crippen molar-refractivity contribution in [3.05, 3.63) is 39.7 Å². The molecule has 0 saturated heterocycles. The summed E-state index contributed by atoms with van der Waals surface area (Å²) in [5, 5.41) is 6.96. The molecule has 2 N–H and O–H groups in total. The van der Waals surface area contributed by atoms with Crippen LogP contribution in [-0.4, -0.2) is 32.9 Å². The van der Waals surface area contributed by atoms with Gasteiger partial charge in [0.1, 0.15) is 5.58 Å². The highest BCUT2D eigenvalue weighted by Crippen LogP contribution is 2.40. The summed E-state index contributed by atoms with van der Waals surface area (Å²) in [4.78, 5) is 25.5. The monoisotopic (exact) mass is 342 g/mol. The number of hydrogen-bond acceptors (Lipinski definition) is 5. The first kappa shape index (κ1) is 17.0. The Balaban J connectivity index is 2.07. The van der Waals surface area contributed by atoms with Gasteiger partial charge in [0, 0.05) is 37.8 Å². The lowest BCUT2D eigenvalue weighted by Gasteiger charge is -2.38. The van der Waals surface area contributed by atoms with Gasteiger partial charge in [-0.3, -0.25) is 0 Å². The fraction of sp³-hybridized carbons (Fsp3) is 0.389. The number of anilines is 1. The molecule has 1 aromatic carbocycles. The van der Waals surface area contributed by atoms with Crippen LogP contribution in [0.3, 0.4) is 0 Å². The van der Waals surface area contributed by atoms with Crippen LogP contribution < -0.4 is 21.3 Å². The van der Waals surface area contributed by atoms with Crippen LogP contribution >= 0.6 is 0 Å². The number of hydrogen-bond donors (Lipinski definition) is 2. The van der Waals surface area contributed by atoms with E-state index in [0.717, 1.165) is 24.0 Å². The van der Waals surface area contributed by atoms with Gasteiger partial charge in [-0.05, 0) is 29.5 Å². The Hall–Kier alpha value is -2.83. The minimum Gasteiger partial charge on any atom is -0.422 e. The van der Waals surface area contributed by atoms with Crippen LogP contribution in [-0.2, 0) is 5.41 Å². The highest BCUT2D eigenvalue weighted by Gasteiger charge is 2.30. The Morgan fingerprint density at radius 2 is 2.12 bits per heavy atom. The van der Waals surface area contributed by atoms with Crippen LogP contribution in [0.5, 0.6) is 0 Å². The van der Waals surface area contributed by atoms with Crippen LogP contribution in [0.1, 0.15) is 31.4 Å². The topological polar surface area (TPSA) is 86.9 Å². The first-order valence-corrected chi connectivity index (χ1v) is 8.16. The third-order valence-electron chi connectivity index (χ3n) is 4.69. The summed E-state index contributed by atoms with van der Waals surface area (Å²) in [6, 6.07) is 5.28. The van der Waals surface area contributed by atoms with Gasteiger partial charge in [0.15, 0.2) is 0 Å².